The zero-order valence-corrected chi connectivity index (χ0v) is 13.5. The van der Waals surface area contributed by atoms with E-state index in [1.807, 2.05) is 12.1 Å². The van der Waals surface area contributed by atoms with Crippen LogP contribution in [0.3, 0.4) is 0 Å². The third kappa shape index (κ3) is 2.76. The third-order valence-corrected chi connectivity index (χ3v) is 5.00. The minimum absolute atomic E-state index is 0.199. The molecule has 0 fully saturated rings. The van der Waals surface area contributed by atoms with Gasteiger partial charge in [-0.3, -0.25) is 0 Å². The topological polar surface area (TPSA) is 25.2 Å². The van der Waals surface area contributed by atoms with Gasteiger partial charge in [0, 0.05) is 21.9 Å². The van der Waals surface area contributed by atoms with Crippen molar-refractivity contribution in [3.8, 4) is 0 Å². The van der Waals surface area contributed by atoms with Gasteiger partial charge < -0.3 is 9.73 Å². The van der Waals surface area contributed by atoms with E-state index in [1.54, 1.807) is 11.3 Å². The second-order valence-electron chi connectivity index (χ2n) is 5.42. The highest BCUT2D eigenvalue weighted by Crippen LogP contribution is 2.32. The molecule has 0 aliphatic rings. The highest BCUT2D eigenvalue weighted by Gasteiger charge is 2.20. The lowest BCUT2D eigenvalue weighted by molar-refractivity contribution is 0.416. The first-order valence-corrected chi connectivity index (χ1v) is 8.38. The number of aryl methyl sites for hydroxylation is 1. The van der Waals surface area contributed by atoms with Crippen molar-refractivity contribution in [2.24, 2.45) is 0 Å². The Morgan fingerprint density at radius 2 is 1.90 bits per heavy atom. The van der Waals surface area contributed by atoms with Crippen molar-refractivity contribution in [2.45, 2.75) is 39.3 Å². The Balaban J connectivity index is 1.89. The molecule has 0 amide bonds. The first-order valence-electron chi connectivity index (χ1n) is 7.50. The summed E-state index contributed by atoms with van der Waals surface area (Å²) in [4.78, 5) is 1.36. The summed E-state index contributed by atoms with van der Waals surface area (Å²) in [7, 11) is 0. The highest BCUT2D eigenvalue weighted by atomic mass is 32.1. The molecule has 3 rings (SSSR count). The van der Waals surface area contributed by atoms with E-state index in [9.17, 15) is 0 Å². The highest BCUT2D eigenvalue weighted by molar-refractivity contribution is 7.10. The largest absolute Gasteiger partial charge is 0.459 e. The van der Waals surface area contributed by atoms with Crippen molar-refractivity contribution in [2.75, 3.05) is 0 Å². The molecule has 0 aliphatic heterocycles. The molecule has 3 aromatic rings. The van der Waals surface area contributed by atoms with Crippen LogP contribution in [0.5, 0.6) is 0 Å². The minimum Gasteiger partial charge on any atom is -0.459 e. The molecule has 0 spiro atoms. The number of para-hydroxylation sites is 1. The Kier molecular flexibility index (Phi) is 4.13. The Hall–Kier alpha value is -1.58. The van der Waals surface area contributed by atoms with Gasteiger partial charge in [-0.2, -0.15) is 0 Å². The Morgan fingerprint density at radius 3 is 2.62 bits per heavy atom. The lowest BCUT2D eigenvalue weighted by Crippen LogP contribution is -2.22. The molecule has 110 valence electrons. The predicted molar refractivity (Wildman–Crippen MR) is 89.9 cm³/mol. The molecule has 0 aliphatic carbocycles. The quantitative estimate of drug-likeness (QED) is 0.676. The van der Waals surface area contributed by atoms with Gasteiger partial charge in [0.2, 0.25) is 0 Å². The van der Waals surface area contributed by atoms with Crippen LogP contribution in [0.15, 0.2) is 46.2 Å². The van der Waals surface area contributed by atoms with Gasteiger partial charge >= 0.3 is 0 Å². The number of benzene rings is 1. The summed E-state index contributed by atoms with van der Waals surface area (Å²) in [5, 5.41) is 7.02. The first-order chi connectivity index (χ1) is 10.2. The molecule has 0 saturated carbocycles. The van der Waals surface area contributed by atoms with Crippen molar-refractivity contribution >= 4 is 22.3 Å². The van der Waals surface area contributed by atoms with Crippen LogP contribution in [0.1, 0.15) is 49.1 Å². The van der Waals surface area contributed by atoms with E-state index < -0.39 is 0 Å². The molecule has 2 atom stereocenters. The Morgan fingerprint density at radius 1 is 1.10 bits per heavy atom. The number of rotatable bonds is 5. The molecule has 2 aromatic heterocycles. The number of furan rings is 1. The molecule has 0 bridgehead atoms. The van der Waals surface area contributed by atoms with Crippen molar-refractivity contribution in [3.05, 3.63) is 58.0 Å². The summed E-state index contributed by atoms with van der Waals surface area (Å²) >= 11 is 1.79. The van der Waals surface area contributed by atoms with Gasteiger partial charge in [0.15, 0.2) is 0 Å². The van der Waals surface area contributed by atoms with Gasteiger partial charge in [-0.05, 0) is 37.8 Å². The van der Waals surface area contributed by atoms with Crippen molar-refractivity contribution in [1.29, 1.82) is 0 Å². The number of hydrogen-bond donors (Lipinski definition) is 1. The molecule has 2 nitrogen and oxygen atoms in total. The maximum absolute atomic E-state index is 6.11. The summed E-state index contributed by atoms with van der Waals surface area (Å²) in [6.07, 6.45) is 0.992. The second-order valence-corrected chi connectivity index (χ2v) is 6.40. The van der Waals surface area contributed by atoms with Crippen LogP contribution in [0.2, 0.25) is 0 Å². The van der Waals surface area contributed by atoms with Gasteiger partial charge in [0.25, 0.3) is 0 Å². The molecule has 2 heterocycles. The van der Waals surface area contributed by atoms with Crippen LogP contribution in [-0.2, 0) is 6.42 Å². The smallest absolute Gasteiger partial charge is 0.134 e. The zero-order valence-electron chi connectivity index (χ0n) is 12.7. The number of nitrogens with one attached hydrogen (secondary N) is 1. The predicted octanol–water partition coefficient (Wildman–Crippen LogP) is 5.47. The fraction of sp³-hybridized carbons (Fsp3) is 0.333. The lowest BCUT2D eigenvalue weighted by Gasteiger charge is -2.18. The first kappa shape index (κ1) is 14.4. The molecule has 0 saturated heterocycles. The van der Waals surface area contributed by atoms with E-state index in [1.165, 1.54) is 15.8 Å². The number of thiophene rings is 1. The second kappa shape index (κ2) is 6.04. The van der Waals surface area contributed by atoms with E-state index in [0.29, 0.717) is 6.04 Å². The van der Waals surface area contributed by atoms with Crippen LogP contribution >= 0.6 is 11.3 Å². The summed E-state index contributed by atoms with van der Waals surface area (Å²) < 4.78 is 6.11. The van der Waals surface area contributed by atoms with Crippen LogP contribution < -0.4 is 5.32 Å². The van der Waals surface area contributed by atoms with Crippen LogP contribution in [-0.4, -0.2) is 0 Å². The molecular formula is C18H21NOS. The average molecular weight is 299 g/mol. The van der Waals surface area contributed by atoms with Crippen LogP contribution in [0, 0.1) is 0 Å². The summed E-state index contributed by atoms with van der Waals surface area (Å²) in [5.41, 5.74) is 2.31. The van der Waals surface area contributed by atoms with Gasteiger partial charge in [-0.25, -0.2) is 0 Å². The van der Waals surface area contributed by atoms with E-state index in [0.717, 1.165) is 17.8 Å². The van der Waals surface area contributed by atoms with E-state index in [-0.39, 0.29) is 6.04 Å². The lowest BCUT2D eigenvalue weighted by atomic mass is 10.0. The van der Waals surface area contributed by atoms with Gasteiger partial charge in [-0.1, -0.05) is 31.2 Å². The molecule has 0 radical (unpaired) electrons. The Bertz CT molecular complexity index is 714. The van der Waals surface area contributed by atoms with Crippen LogP contribution in [0.25, 0.3) is 11.0 Å². The maximum atomic E-state index is 6.11. The van der Waals surface area contributed by atoms with Gasteiger partial charge in [0.1, 0.15) is 11.3 Å². The maximum Gasteiger partial charge on any atom is 0.134 e. The van der Waals surface area contributed by atoms with E-state index in [4.69, 9.17) is 4.42 Å². The van der Waals surface area contributed by atoms with Gasteiger partial charge in [-0.15, -0.1) is 11.3 Å². The number of fused-ring (bicyclic) bond motifs is 1. The molecule has 1 N–H and O–H groups in total. The van der Waals surface area contributed by atoms with Crippen molar-refractivity contribution in [3.63, 3.8) is 0 Å². The van der Waals surface area contributed by atoms with E-state index in [2.05, 4.69) is 55.7 Å². The normalized spacial score (nSPS) is 14.4. The molecule has 3 heteroatoms. The molecular weight excluding hydrogens is 278 g/mol. The standard InChI is InChI=1S/C18H21NOS/c1-4-14-15-8-5-6-9-16(15)20-18(14)13(3)19-12(2)17-10-7-11-21-17/h5-13,19H,4H2,1-3H3/t12-,13?/m1/s1. The molecule has 1 aromatic carbocycles. The molecule has 21 heavy (non-hydrogen) atoms. The zero-order chi connectivity index (χ0) is 14.8. The SMILES string of the molecule is CCc1c(C(C)N[C@H](C)c2cccs2)oc2ccccc12. The van der Waals surface area contributed by atoms with Crippen molar-refractivity contribution < 1.29 is 4.42 Å². The van der Waals surface area contributed by atoms with E-state index >= 15 is 0 Å². The Labute approximate surface area is 129 Å². The summed E-state index contributed by atoms with van der Waals surface area (Å²) in [6, 6.07) is 13.1. The molecule has 1 unspecified atom stereocenters. The fourth-order valence-electron chi connectivity index (χ4n) is 2.90. The fourth-order valence-corrected chi connectivity index (χ4v) is 3.65. The summed E-state index contributed by atoms with van der Waals surface area (Å²) in [5.74, 6) is 1.07. The van der Waals surface area contributed by atoms with Gasteiger partial charge in [0.05, 0.1) is 6.04 Å². The third-order valence-electron chi connectivity index (χ3n) is 3.95. The van der Waals surface area contributed by atoms with Crippen molar-refractivity contribution in [1.82, 2.24) is 5.32 Å². The van der Waals surface area contributed by atoms with Crippen LogP contribution in [0.4, 0.5) is 0 Å². The average Bonchev–Trinajstić information content (AvgIpc) is 3.14. The summed E-state index contributed by atoms with van der Waals surface area (Å²) in [6.45, 7) is 6.58. The monoisotopic (exact) mass is 299 g/mol. The minimum atomic E-state index is 0.199. The number of hydrogen-bond acceptors (Lipinski definition) is 3.